The van der Waals surface area contributed by atoms with E-state index in [1.165, 1.54) is 38.6 Å². The van der Waals surface area contributed by atoms with Crippen LogP contribution in [0.1, 0.15) is 39.0 Å². The Balaban J connectivity index is 1.81. The Morgan fingerprint density at radius 2 is 1.88 bits per heavy atom. The van der Waals surface area contributed by atoms with Crippen LogP contribution in [-0.2, 0) is 4.74 Å². The quantitative estimate of drug-likeness (QED) is 0.818. The Labute approximate surface area is 106 Å². The Morgan fingerprint density at radius 1 is 1.18 bits per heavy atom. The molecule has 17 heavy (non-hydrogen) atoms. The summed E-state index contributed by atoms with van der Waals surface area (Å²) in [4.78, 5) is 2.53. The lowest BCUT2D eigenvalue weighted by Gasteiger charge is -2.38. The number of ether oxygens (including phenoxy) is 1. The second-order valence-electron chi connectivity index (χ2n) is 6.13. The topological polar surface area (TPSA) is 38.5 Å². The second kappa shape index (κ2) is 6.17. The Bertz CT molecular complexity index is 228. The zero-order chi connectivity index (χ0) is 12.3. The van der Waals surface area contributed by atoms with Gasteiger partial charge in [0.2, 0.25) is 0 Å². The van der Waals surface area contributed by atoms with E-state index in [2.05, 4.69) is 18.9 Å². The number of rotatable bonds is 3. The molecule has 1 saturated heterocycles. The van der Waals surface area contributed by atoms with Crippen molar-refractivity contribution in [3.05, 3.63) is 0 Å². The summed E-state index contributed by atoms with van der Waals surface area (Å²) in [6.45, 7) is 5.41. The molecule has 2 rings (SSSR count). The Morgan fingerprint density at radius 3 is 2.59 bits per heavy atom. The lowest BCUT2D eigenvalue weighted by Crippen LogP contribution is -2.45. The molecule has 3 heteroatoms. The van der Waals surface area contributed by atoms with Crippen molar-refractivity contribution in [1.82, 2.24) is 4.90 Å². The van der Waals surface area contributed by atoms with Gasteiger partial charge in [0.1, 0.15) is 0 Å². The van der Waals surface area contributed by atoms with Crippen LogP contribution in [0, 0.1) is 11.8 Å². The van der Waals surface area contributed by atoms with Crippen LogP contribution in [0.25, 0.3) is 0 Å². The van der Waals surface area contributed by atoms with Gasteiger partial charge in [0.25, 0.3) is 0 Å². The van der Waals surface area contributed by atoms with E-state index in [0.29, 0.717) is 18.0 Å². The summed E-state index contributed by atoms with van der Waals surface area (Å²) in [6, 6.07) is 1.14. The SMILES string of the molecule is CC1CCC(N)C(CN(C)C2CCOCC2)C1. The van der Waals surface area contributed by atoms with Crippen molar-refractivity contribution in [2.24, 2.45) is 17.6 Å². The van der Waals surface area contributed by atoms with Crippen molar-refractivity contribution in [2.75, 3.05) is 26.8 Å². The minimum absolute atomic E-state index is 0.425. The van der Waals surface area contributed by atoms with Crippen molar-refractivity contribution in [3.8, 4) is 0 Å². The van der Waals surface area contributed by atoms with E-state index in [9.17, 15) is 0 Å². The van der Waals surface area contributed by atoms with Gasteiger partial charge in [-0.25, -0.2) is 0 Å². The van der Waals surface area contributed by atoms with Crippen molar-refractivity contribution >= 4 is 0 Å². The molecule has 1 saturated carbocycles. The molecule has 1 aliphatic heterocycles. The molecular formula is C14H28N2O. The van der Waals surface area contributed by atoms with Gasteiger partial charge in [-0.1, -0.05) is 6.92 Å². The molecular weight excluding hydrogens is 212 g/mol. The van der Waals surface area contributed by atoms with Crippen molar-refractivity contribution in [2.45, 2.75) is 51.1 Å². The number of nitrogens with zero attached hydrogens (tertiary/aromatic N) is 1. The minimum atomic E-state index is 0.425. The zero-order valence-electron chi connectivity index (χ0n) is 11.4. The maximum Gasteiger partial charge on any atom is 0.0480 e. The first-order chi connectivity index (χ1) is 8.16. The lowest BCUT2D eigenvalue weighted by atomic mass is 9.79. The van der Waals surface area contributed by atoms with E-state index in [0.717, 1.165) is 19.1 Å². The van der Waals surface area contributed by atoms with E-state index >= 15 is 0 Å². The van der Waals surface area contributed by atoms with Gasteiger partial charge in [-0.05, 0) is 51.0 Å². The largest absolute Gasteiger partial charge is 0.381 e. The summed E-state index contributed by atoms with van der Waals surface area (Å²) in [7, 11) is 2.27. The first kappa shape index (κ1) is 13.3. The second-order valence-corrected chi connectivity index (χ2v) is 6.13. The molecule has 0 spiro atoms. The zero-order valence-corrected chi connectivity index (χ0v) is 11.4. The van der Waals surface area contributed by atoms with Gasteiger partial charge in [-0.2, -0.15) is 0 Å². The van der Waals surface area contributed by atoms with Crippen LogP contribution in [0.3, 0.4) is 0 Å². The maximum absolute atomic E-state index is 6.27. The van der Waals surface area contributed by atoms with E-state index in [1.54, 1.807) is 0 Å². The third-order valence-electron chi connectivity index (χ3n) is 4.64. The van der Waals surface area contributed by atoms with Crippen molar-refractivity contribution in [3.63, 3.8) is 0 Å². The summed E-state index contributed by atoms with van der Waals surface area (Å²) >= 11 is 0. The number of nitrogens with two attached hydrogens (primary N) is 1. The molecule has 3 unspecified atom stereocenters. The fourth-order valence-corrected chi connectivity index (χ4v) is 3.38. The van der Waals surface area contributed by atoms with E-state index in [-0.39, 0.29) is 0 Å². The molecule has 0 radical (unpaired) electrons. The summed E-state index contributed by atoms with van der Waals surface area (Å²) in [5.41, 5.74) is 6.27. The number of hydrogen-bond donors (Lipinski definition) is 1. The summed E-state index contributed by atoms with van der Waals surface area (Å²) in [5.74, 6) is 1.56. The van der Waals surface area contributed by atoms with Crippen LogP contribution < -0.4 is 5.73 Å². The van der Waals surface area contributed by atoms with Crippen LogP contribution >= 0.6 is 0 Å². The summed E-state index contributed by atoms with van der Waals surface area (Å²) in [5, 5.41) is 0. The highest BCUT2D eigenvalue weighted by atomic mass is 16.5. The molecule has 1 aliphatic carbocycles. The van der Waals surface area contributed by atoms with Crippen LogP contribution in [-0.4, -0.2) is 43.8 Å². The van der Waals surface area contributed by atoms with Crippen LogP contribution in [0.5, 0.6) is 0 Å². The predicted octanol–water partition coefficient (Wildman–Crippen LogP) is 1.86. The molecule has 1 heterocycles. The molecule has 2 N–H and O–H groups in total. The van der Waals surface area contributed by atoms with Gasteiger partial charge >= 0.3 is 0 Å². The first-order valence-electron chi connectivity index (χ1n) is 7.20. The fraction of sp³-hybridized carbons (Fsp3) is 1.00. The molecule has 0 aromatic carbocycles. The molecule has 3 nitrogen and oxygen atoms in total. The monoisotopic (exact) mass is 240 g/mol. The lowest BCUT2D eigenvalue weighted by molar-refractivity contribution is 0.0332. The Kier molecular flexibility index (Phi) is 4.83. The number of hydrogen-bond acceptors (Lipinski definition) is 3. The highest BCUT2D eigenvalue weighted by Crippen LogP contribution is 2.29. The molecule has 2 fully saturated rings. The average Bonchev–Trinajstić information content (AvgIpc) is 2.35. The highest BCUT2D eigenvalue weighted by Gasteiger charge is 2.28. The van der Waals surface area contributed by atoms with Gasteiger partial charge in [0, 0.05) is 31.8 Å². The highest BCUT2D eigenvalue weighted by molar-refractivity contribution is 4.84. The molecule has 0 aromatic heterocycles. The molecule has 100 valence electrons. The van der Waals surface area contributed by atoms with Crippen LogP contribution in [0.15, 0.2) is 0 Å². The van der Waals surface area contributed by atoms with E-state index < -0.39 is 0 Å². The molecule has 2 aliphatic rings. The smallest absolute Gasteiger partial charge is 0.0480 e. The van der Waals surface area contributed by atoms with E-state index in [1.807, 2.05) is 0 Å². The van der Waals surface area contributed by atoms with E-state index in [4.69, 9.17) is 10.5 Å². The standard InChI is InChI=1S/C14H28N2O/c1-11-3-4-14(15)12(9-11)10-16(2)13-5-7-17-8-6-13/h11-14H,3-10,15H2,1-2H3. The summed E-state index contributed by atoms with van der Waals surface area (Å²) < 4.78 is 5.43. The minimum Gasteiger partial charge on any atom is -0.381 e. The normalized spacial score (nSPS) is 36.4. The van der Waals surface area contributed by atoms with Gasteiger partial charge in [0.15, 0.2) is 0 Å². The molecule has 0 aromatic rings. The fourth-order valence-electron chi connectivity index (χ4n) is 3.38. The van der Waals surface area contributed by atoms with Crippen LogP contribution in [0.2, 0.25) is 0 Å². The van der Waals surface area contributed by atoms with Crippen LogP contribution in [0.4, 0.5) is 0 Å². The maximum atomic E-state index is 6.27. The third kappa shape index (κ3) is 3.67. The average molecular weight is 240 g/mol. The van der Waals surface area contributed by atoms with Gasteiger partial charge in [-0.15, -0.1) is 0 Å². The summed E-state index contributed by atoms with van der Waals surface area (Å²) in [6.07, 6.45) is 6.23. The van der Waals surface area contributed by atoms with Gasteiger partial charge in [0.05, 0.1) is 0 Å². The molecule has 0 amide bonds. The van der Waals surface area contributed by atoms with Gasteiger partial charge in [-0.3, -0.25) is 0 Å². The third-order valence-corrected chi connectivity index (χ3v) is 4.64. The van der Waals surface area contributed by atoms with Crippen molar-refractivity contribution in [1.29, 1.82) is 0 Å². The first-order valence-corrected chi connectivity index (χ1v) is 7.20. The van der Waals surface area contributed by atoms with Crippen molar-refractivity contribution < 1.29 is 4.74 Å². The molecule has 0 bridgehead atoms. The molecule has 3 atom stereocenters. The van der Waals surface area contributed by atoms with Gasteiger partial charge < -0.3 is 15.4 Å². The Hall–Kier alpha value is -0.120. The predicted molar refractivity (Wildman–Crippen MR) is 71.0 cm³/mol.